The number of ether oxygens (including phenoxy) is 1. The number of halogens is 1. The van der Waals surface area contributed by atoms with E-state index in [1.54, 1.807) is 6.20 Å². The monoisotopic (exact) mass is 326 g/mol. The molecule has 6 nitrogen and oxygen atoms in total. The summed E-state index contributed by atoms with van der Waals surface area (Å²) in [7, 11) is 0. The number of nitrogens with one attached hydrogen (secondary N) is 2. The molecule has 122 valence electrons. The predicted octanol–water partition coefficient (Wildman–Crippen LogP) is 0.708. The maximum Gasteiger partial charge on any atom is 0.237 e. The number of morpholine rings is 1. The molecule has 3 heterocycles. The summed E-state index contributed by atoms with van der Waals surface area (Å²) in [6.07, 6.45) is 3.80. The summed E-state index contributed by atoms with van der Waals surface area (Å²) >= 11 is 0. The molecule has 1 amide bonds. The van der Waals surface area contributed by atoms with Gasteiger partial charge in [0.25, 0.3) is 0 Å². The number of carbonyl (C=O) groups excluding carboxylic acids is 1. The first-order valence-electron chi connectivity index (χ1n) is 7.62. The normalized spacial score (nSPS) is 21.3. The van der Waals surface area contributed by atoms with E-state index < -0.39 is 0 Å². The summed E-state index contributed by atoms with van der Waals surface area (Å²) < 4.78 is 5.38. The number of aromatic nitrogens is 1. The maximum atomic E-state index is 12.1. The van der Waals surface area contributed by atoms with E-state index in [2.05, 4.69) is 20.5 Å². The number of hydrogen-bond acceptors (Lipinski definition) is 5. The first kappa shape index (κ1) is 17.0. The third-order valence-electron chi connectivity index (χ3n) is 4.01. The number of anilines is 1. The SMILES string of the molecule is Cl.O=C(NCc1cccnc1N1CCOCC1)C1CCCN1. The molecule has 1 unspecified atom stereocenters. The molecule has 0 radical (unpaired) electrons. The van der Waals surface area contributed by atoms with Gasteiger partial charge in [0, 0.05) is 31.4 Å². The molecule has 0 bridgehead atoms. The molecule has 2 N–H and O–H groups in total. The van der Waals surface area contributed by atoms with Crippen LogP contribution in [0.15, 0.2) is 18.3 Å². The molecule has 22 heavy (non-hydrogen) atoms. The van der Waals surface area contributed by atoms with Crippen LogP contribution in [0, 0.1) is 0 Å². The average molecular weight is 327 g/mol. The molecule has 1 aromatic rings. The quantitative estimate of drug-likeness (QED) is 0.853. The number of rotatable bonds is 4. The Kier molecular flexibility index (Phi) is 6.42. The van der Waals surface area contributed by atoms with Gasteiger partial charge in [-0.15, -0.1) is 12.4 Å². The maximum absolute atomic E-state index is 12.1. The van der Waals surface area contributed by atoms with Gasteiger partial charge in [-0.3, -0.25) is 4.79 Å². The third-order valence-corrected chi connectivity index (χ3v) is 4.01. The molecule has 2 aliphatic heterocycles. The highest BCUT2D eigenvalue weighted by atomic mass is 35.5. The summed E-state index contributed by atoms with van der Waals surface area (Å²) in [5.41, 5.74) is 1.06. The highest BCUT2D eigenvalue weighted by Crippen LogP contribution is 2.18. The number of carbonyl (C=O) groups is 1. The Morgan fingerprint density at radius 1 is 1.45 bits per heavy atom. The van der Waals surface area contributed by atoms with Crippen molar-refractivity contribution in [1.29, 1.82) is 0 Å². The Bertz CT molecular complexity index is 488. The van der Waals surface area contributed by atoms with Crippen LogP contribution in [0.3, 0.4) is 0 Å². The number of nitrogens with zero attached hydrogens (tertiary/aromatic N) is 2. The van der Waals surface area contributed by atoms with Gasteiger partial charge in [-0.2, -0.15) is 0 Å². The fourth-order valence-electron chi connectivity index (χ4n) is 2.84. The molecule has 1 atom stereocenters. The standard InChI is InChI=1S/C15H22N4O2.ClH/c20-15(13-4-2-5-16-13)18-11-12-3-1-6-17-14(12)19-7-9-21-10-8-19;/h1,3,6,13,16H,2,4-5,7-11H2,(H,18,20);1H. The highest BCUT2D eigenvalue weighted by molar-refractivity contribution is 5.85. The average Bonchev–Trinajstić information content (AvgIpc) is 3.08. The lowest BCUT2D eigenvalue weighted by Crippen LogP contribution is -2.41. The van der Waals surface area contributed by atoms with Crippen LogP contribution < -0.4 is 15.5 Å². The van der Waals surface area contributed by atoms with Crippen LogP contribution in [-0.4, -0.2) is 49.8 Å². The smallest absolute Gasteiger partial charge is 0.237 e. The summed E-state index contributed by atoms with van der Waals surface area (Å²) in [6.45, 7) is 4.62. The molecule has 0 spiro atoms. The number of pyridine rings is 1. The first-order valence-corrected chi connectivity index (χ1v) is 7.62. The zero-order valence-electron chi connectivity index (χ0n) is 12.6. The van der Waals surface area contributed by atoms with Crippen molar-refractivity contribution in [3.05, 3.63) is 23.9 Å². The van der Waals surface area contributed by atoms with Crippen molar-refractivity contribution in [1.82, 2.24) is 15.6 Å². The Morgan fingerprint density at radius 3 is 3.00 bits per heavy atom. The van der Waals surface area contributed by atoms with E-state index in [1.165, 1.54) is 0 Å². The van der Waals surface area contributed by atoms with Gasteiger partial charge in [-0.1, -0.05) is 6.07 Å². The highest BCUT2D eigenvalue weighted by Gasteiger charge is 2.22. The van der Waals surface area contributed by atoms with Gasteiger partial charge >= 0.3 is 0 Å². The molecule has 2 fully saturated rings. The molecule has 3 rings (SSSR count). The van der Waals surface area contributed by atoms with Crippen molar-refractivity contribution in [2.24, 2.45) is 0 Å². The van der Waals surface area contributed by atoms with E-state index in [-0.39, 0.29) is 24.4 Å². The van der Waals surface area contributed by atoms with Crippen molar-refractivity contribution < 1.29 is 9.53 Å². The van der Waals surface area contributed by atoms with Crippen LogP contribution >= 0.6 is 12.4 Å². The van der Waals surface area contributed by atoms with Gasteiger partial charge in [0.15, 0.2) is 0 Å². The van der Waals surface area contributed by atoms with E-state index in [1.807, 2.05) is 12.1 Å². The zero-order valence-corrected chi connectivity index (χ0v) is 13.4. The van der Waals surface area contributed by atoms with Gasteiger partial charge < -0.3 is 20.3 Å². The number of hydrogen-bond donors (Lipinski definition) is 2. The van der Waals surface area contributed by atoms with Crippen LogP contribution in [0.2, 0.25) is 0 Å². The van der Waals surface area contributed by atoms with Crippen molar-refractivity contribution in [3.63, 3.8) is 0 Å². The van der Waals surface area contributed by atoms with E-state index in [0.717, 1.165) is 57.1 Å². The first-order chi connectivity index (χ1) is 10.3. The van der Waals surface area contributed by atoms with Gasteiger partial charge in [0.1, 0.15) is 5.82 Å². The van der Waals surface area contributed by atoms with Crippen LogP contribution in [0.25, 0.3) is 0 Å². The molecule has 2 aliphatic rings. The second-order valence-electron chi connectivity index (χ2n) is 5.45. The lowest BCUT2D eigenvalue weighted by Gasteiger charge is -2.29. The van der Waals surface area contributed by atoms with Crippen LogP contribution in [-0.2, 0) is 16.1 Å². The Balaban J connectivity index is 0.00000176. The minimum Gasteiger partial charge on any atom is -0.378 e. The van der Waals surface area contributed by atoms with Gasteiger partial charge in [-0.05, 0) is 25.5 Å². The van der Waals surface area contributed by atoms with Crippen molar-refractivity contribution in [2.75, 3.05) is 37.7 Å². The Labute approximate surface area is 137 Å². The van der Waals surface area contributed by atoms with Crippen LogP contribution in [0.4, 0.5) is 5.82 Å². The van der Waals surface area contributed by atoms with Crippen molar-refractivity contribution >= 4 is 24.1 Å². The fourth-order valence-corrected chi connectivity index (χ4v) is 2.84. The topological polar surface area (TPSA) is 66.5 Å². The van der Waals surface area contributed by atoms with Crippen molar-refractivity contribution in [3.8, 4) is 0 Å². The molecular weight excluding hydrogens is 304 g/mol. The molecule has 0 saturated carbocycles. The second kappa shape index (κ2) is 8.31. The predicted molar refractivity (Wildman–Crippen MR) is 87.4 cm³/mol. The lowest BCUT2D eigenvalue weighted by atomic mass is 10.2. The van der Waals surface area contributed by atoms with Gasteiger partial charge in [0.2, 0.25) is 5.91 Å². The fraction of sp³-hybridized carbons (Fsp3) is 0.600. The van der Waals surface area contributed by atoms with Gasteiger partial charge in [0.05, 0.1) is 19.3 Å². The number of amides is 1. The zero-order chi connectivity index (χ0) is 14.5. The van der Waals surface area contributed by atoms with E-state index in [0.29, 0.717) is 6.54 Å². The molecule has 0 aromatic carbocycles. The Morgan fingerprint density at radius 2 is 2.27 bits per heavy atom. The molecule has 1 aromatic heterocycles. The minimum absolute atomic E-state index is 0. The summed E-state index contributed by atoms with van der Waals surface area (Å²) in [6, 6.07) is 3.91. The minimum atomic E-state index is -0.0338. The summed E-state index contributed by atoms with van der Waals surface area (Å²) in [4.78, 5) is 18.8. The summed E-state index contributed by atoms with van der Waals surface area (Å²) in [5, 5.41) is 6.24. The largest absolute Gasteiger partial charge is 0.378 e. The second-order valence-corrected chi connectivity index (χ2v) is 5.45. The molecular formula is C15H23ClN4O2. The molecule has 7 heteroatoms. The van der Waals surface area contributed by atoms with Crippen LogP contribution in [0.1, 0.15) is 18.4 Å². The van der Waals surface area contributed by atoms with E-state index >= 15 is 0 Å². The summed E-state index contributed by atoms with van der Waals surface area (Å²) in [5.74, 6) is 1.05. The van der Waals surface area contributed by atoms with Gasteiger partial charge in [-0.25, -0.2) is 4.98 Å². The van der Waals surface area contributed by atoms with E-state index in [4.69, 9.17) is 4.74 Å². The third kappa shape index (κ3) is 4.09. The molecule has 0 aliphatic carbocycles. The van der Waals surface area contributed by atoms with E-state index in [9.17, 15) is 4.79 Å². The van der Waals surface area contributed by atoms with Crippen LogP contribution in [0.5, 0.6) is 0 Å². The molecule has 2 saturated heterocycles. The van der Waals surface area contributed by atoms with Crippen molar-refractivity contribution in [2.45, 2.75) is 25.4 Å². The Hall–Kier alpha value is -1.37. The lowest BCUT2D eigenvalue weighted by molar-refractivity contribution is -0.122.